The molecule has 1 rings (SSSR count). The zero-order valence-corrected chi connectivity index (χ0v) is 14.6. The van der Waals surface area contributed by atoms with Crippen molar-refractivity contribution in [3.63, 3.8) is 0 Å². The molecule has 20 heavy (non-hydrogen) atoms. The van der Waals surface area contributed by atoms with Gasteiger partial charge in [0.25, 0.3) is 0 Å². The van der Waals surface area contributed by atoms with Crippen molar-refractivity contribution in [2.24, 2.45) is 10.7 Å². The first-order valence-electron chi connectivity index (χ1n) is 6.89. The molecule has 0 aromatic carbocycles. The van der Waals surface area contributed by atoms with Crippen LogP contribution in [0.1, 0.15) is 26.7 Å². The molecule has 1 aromatic heterocycles. The van der Waals surface area contributed by atoms with Crippen molar-refractivity contribution >= 4 is 29.9 Å². The van der Waals surface area contributed by atoms with Crippen LogP contribution >= 0.6 is 24.0 Å². The van der Waals surface area contributed by atoms with Crippen LogP contribution in [0.15, 0.2) is 34.2 Å². The number of hydrogen-bond acceptors (Lipinski definition) is 2. The lowest BCUT2D eigenvalue weighted by Gasteiger charge is -2.19. The van der Waals surface area contributed by atoms with Crippen LogP contribution in [0.25, 0.3) is 0 Å². The predicted octanol–water partition coefficient (Wildman–Crippen LogP) is 1.90. The van der Waals surface area contributed by atoms with E-state index in [1.165, 1.54) is 0 Å². The number of nitrogens with zero attached hydrogens (tertiary/aromatic N) is 3. The molecule has 0 saturated heterocycles. The van der Waals surface area contributed by atoms with Crippen molar-refractivity contribution < 1.29 is 0 Å². The number of hydrogen-bond donors (Lipinski definition) is 1. The lowest BCUT2D eigenvalue weighted by atomic mass is 10.3. The van der Waals surface area contributed by atoms with Gasteiger partial charge in [0.2, 0.25) is 5.56 Å². The minimum Gasteiger partial charge on any atom is -0.370 e. The highest BCUT2D eigenvalue weighted by molar-refractivity contribution is 14.0. The van der Waals surface area contributed by atoms with E-state index in [1.807, 2.05) is 17.2 Å². The highest BCUT2D eigenvalue weighted by Crippen LogP contribution is 1.95. The highest BCUT2D eigenvalue weighted by Gasteiger charge is 2.00. The van der Waals surface area contributed by atoms with Crippen LogP contribution in [0.4, 0.5) is 0 Å². The second kappa shape index (κ2) is 10.7. The average molecular weight is 392 g/mol. The third kappa shape index (κ3) is 6.40. The van der Waals surface area contributed by atoms with Crippen LogP contribution < -0.4 is 11.3 Å². The Kier molecular flexibility index (Phi) is 10.1. The topological polar surface area (TPSA) is 63.6 Å². The zero-order chi connectivity index (χ0) is 14.1. The standard InChI is InChI=1S/C14H24N4O.HI/c1-3-17(4-2)14(15)16-10-6-8-12-18-11-7-5-9-13(18)19;/h5,7,9,11H,3-4,6,8,10,12H2,1-2H3,(H2,15,16);1H. The number of pyridine rings is 1. The first kappa shape index (κ1) is 18.9. The fourth-order valence-corrected chi connectivity index (χ4v) is 1.88. The van der Waals surface area contributed by atoms with Crippen LogP contribution in [0.2, 0.25) is 0 Å². The molecule has 5 nitrogen and oxygen atoms in total. The summed E-state index contributed by atoms with van der Waals surface area (Å²) in [5.74, 6) is 0.613. The number of halogens is 1. The van der Waals surface area contributed by atoms with E-state index in [0.717, 1.165) is 32.5 Å². The van der Waals surface area contributed by atoms with E-state index >= 15 is 0 Å². The minimum atomic E-state index is 0. The Morgan fingerprint density at radius 2 is 2.00 bits per heavy atom. The molecular weight excluding hydrogens is 367 g/mol. The molecule has 0 atom stereocenters. The Labute approximate surface area is 137 Å². The molecule has 0 bridgehead atoms. The Morgan fingerprint density at radius 1 is 1.30 bits per heavy atom. The van der Waals surface area contributed by atoms with Gasteiger partial charge in [0.1, 0.15) is 0 Å². The molecule has 0 aliphatic heterocycles. The highest BCUT2D eigenvalue weighted by atomic mass is 127. The van der Waals surface area contributed by atoms with E-state index in [-0.39, 0.29) is 29.5 Å². The average Bonchev–Trinajstić information content (AvgIpc) is 2.42. The summed E-state index contributed by atoms with van der Waals surface area (Å²) in [4.78, 5) is 17.8. The smallest absolute Gasteiger partial charge is 0.250 e. The molecule has 0 amide bonds. The van der Waals surface area contributed by atoms with Crippen molar-refractivity contribution in [2.75, 3.05) is 19.6 Å². The van der Waals surface area contributed by atoms with Crippen molar-refractivity contribution in [3.05, 3.63) is 34.7 Å². The molecule has 2 N–H and O–H groups in total. The van der Waals surface area contributed by atoms with E-state index in [9.17, 15) is 4.79 Å². The van der Waals surface area contributed by atoms with Crippen molar-refractivity contribution in [2.45, 2.75) is 33.2 Å². The van der Waals surface area contributed by atoms with Crippen LogP contribution in [0.3, 0.4) is 0 Å². The predicted molar refractivity (Wildman–Crippen MR) is 94.8 cm³/mol. The molecule has 0 unspecified atom stereocenters. The summed E-state index contributed by atoms with van der Waals surface area (Å²) in [5, 5.41) is 0. The quantitative estimate of drug-likeness (QED) is 0.334. The summed E-state index contributed by atoms with van der Waals surface area (Å²) in [6, 6.07) is 5.21. The molecule has 1 aromatic rings. The van der Waals surface area contributed by atoms with Gasteiger partial charge in [0.15, 0.2) is 5.96 Å². The Morgan fingerprint density at radius 3 is 2.60 bits per heavy atom. The third-order valence-electron chi connectivity index (χ3n) is 3.07. The number of aryl methyl sites for hydroxylation is 1. The maximum absolute atomic E-state index is 11.5. The van der Waals surface area contributed by atoms with E-state index in [2.05, 4.69) is 18.8 Å². The van der Waals surface area contributed by atoms with Gasteiger partial charge in [0, 0.05) is 38.4 Å². The number of unbranched alkanes of at least 4 members (excludes halogenated alkanes) is 1. The maximum atomic E-state index is 11.5. The van der Waals surface area contributed by atoms with E-state index in [0.29, 0.717) is 12.5 Å². The van der Waals surface area contributed by atoms with Crippen LogP contribution in [0.5, 0.6) is 0 Å². The van der Waals surface area contributed by atoms with Gasteiger partial charge in [0.05, 0.1) is 0 Å². The van der Waals surface area contributed by atoms with Crippen molar-refractivity contribution in [1.82, 2.24) is 9.47 Å². The summed E-state index contributed by atoms with van der Waals surface area (Å²) in [7, 11) is 0. The lowest BCUT2D eigenvalue weighted by molar-refractivity contribution is 0.457. The molecule has 0 fully saturated rings. The number of aromatic nitrogens is 1. The molecule has 1 heterocycles. The molecule has 114 valence electrons. The molecular formula is C14H25IN4O. The summed E-state index contributed by atoms with van der Waals surface area (Å²) < 4.78 is 1.72. The lowest BCUT2D eigenvalue weighted by Crippen LogP contribution is -2.37. The molecule has 6 heteroatoms. The van der Waals surface area contributed by atoms with Gasteiger partial charge in [-0.25, -0.2) is 0 Å². The fourth-order valence-electron chi connectivity index (χ4n) is 1.88. The molecule has 0 saturated carbocycles. The van der Waals surface area contributed by atoms with Gasteiger partial charge in [-0.15, -0.1) is 24.0 Å². The number of rotatable bonds is 7. The number of aliphatic imine (C=N–C) groups is 1. The summed E-state index contributed by atoms with van der Waals surface area (Å²) in [6.07, 6.45) is 3.68. The largest absolute Gasteiger partial charge is 0.370 e. The van der Waals surface area contributed by atoms with Gasteiger partial charge in [-0.2, -0.15) is 0 Å². The van der Waals surface area contributed by atoms with E-state index < -0.39 is 0 Å². The van der Waals surface area contributed by atoms with Crippen LogP contribution in [-0.4, -0.2) is 35.1 Å². The molecule has 0 radical (unpaired) electrons. The van der Waals surface area contributed by atoms with Gasteiger partial charge in [-0.3, -0.25) is 9.79 Å². The summed E-state index contributed by atoms with van der Waals surface area (Å²) in [6.45, 7) is 7.34. The third-order valence-corrected chi connectivity index (χ3v) is 3.07. The summed E-state index contributed by atoms with van der Waals surface area (Å²) >= 11 is 0. The second-order valence-corrected chi connectivity index (χ2v) is 4.35. The van der Waals surface area contributed by atoms with Gasteiger partial charge >= 0.3 is 0 Å². The second-order valence-electron chi connectivity index (χ2n) is 4.35. The minimum absolute atomic E-state index is 0. The van der Waals surface area contributed by atoms with Crippen molar-refractivity contribution in [1.29, 1.82) is 0 Å². The van der Waals surface area contributed by atoms with Crippen LogP contribution in [0, 0.1) is 0 Å². The molecule has 0 spiro atoms. The first-order chi connectivity index (χ1) is 9.19. The van der Waals surface area contributed by atoms with Crippen LogP contribution in [-0.2, 0) is 6.54 Å². The maximum Gasteiger partial charge on any atom is 0.250 e. The Hall–Kier alpha value is -1.05. The van der Waals surface area contributed by atoms with Gasteiger partial charge in [-0.05, 0) is 32.8 Å². The normalized spacial score (nSPS) is 11.0. The van der Waals surface area contributed by atoms with Crippen molar-refractivity contribution in [3.8, 4) is 0 Å². The molecule has 0 aliphatic carbocycles. The Balaban J connectivity index is 0.00000361. The number of guanidine groups is 1. The fraction of sp³-hybridized carbons (Fsp3) is 0.571. The SMILES string of the molecule is CCN(CC)C(N)=NCCCCn1ccccc1=O.I. The van der Waals surface area contributed by atoms with E-state index in [4.69, 9.17) is 5.73 Å². The summed E-state index contributed by atoms with van der Waals surface area (Å²) in [5.41, 5.74) is 5.93. The zero-order valence-electron chi connectivity index (χ0n) is 12.3. The van der Waals surface area contributed by atoms with E-state index in [1.54, 1.807) is 16.7 Å². The Bertz CT molecular complexity index is 454. The van der Waals surface area contributed by atoms with Gasteiger partial charge in [-0.1, -0.05) is 6.07 Å². The number of nitrogens with two attached hydrogens (primary N) is 1. The monoisotopic (exact) mass is 392 g/mol. The first-order valence-corrected chi connectivity index (χ1v) is 6.89. The molecule has 0 aliphatic rings. The van der Waals surface area contributed by atoms with Gasteiger partial charge < -0.3 is 15.2 Å².